The molecule has 0 aromatic carbocycles. The van der Waals surface area contributed by atoms with E-state index in [4.69, 9.17) is 0 Å². The molecule has 1 N–H and O–H groups in total. The first-order chi connectivity index (χ1) is 6.51. The van der Waals surface area contributed by atoms with Gasteiger partial charge in [-0.2, -0.15) is 13.2 Å². The van der Waals surface area contributed by atoms with Gasteiger partial charge in [-0.1, -0.05) is 0 Å². The zero-order valence-electron chi connectivity index (χ0n) is 7.80. The molecule has 0 aliphatic rings. The molecule has 3 nitrogen and oxygen atoms in total. The summed E-state index contributed by atoms with van der Waals surface area (Å²) in [6.45, 7) is 0.499. The molecule has 0 atom stereocenters. The van der Waals surface area contributed by atoms with E-state index in [0.29, 0.717) is 6.54 Å². The average molecular weight is 207 g/mol. The second-order valence-electron chi connectivity index (χ2n) is 3.00. The molecule has 1 aromatic rings. The molecule has 0 aliphatic heterocycles. The van der Waals surface area contributed by atoms with Gasteiger partial charge in [0.2, 0.25) is 0 Å². The van der Waals surface area contributed by atoms with Crippen LogP contribution in [-0.2, 0) is 13.1 Å². The van der Waals surface area contributed by atoms with E-state index in [9.17, 15) is 13.2 Å². The summed E-state index contributed by atoms with van der Waals surface area (Å²) in [5.74, 6) is 0. The molecule has 0 spiro atoms. The molecular formula is C8H12F3N3. The smallest absolute Gasteiger partial charge is 0.337 e. The fourth-order valence-corrected chi connectivity index (χ4v) is 1.06. The minimum Gasteiger partial charge on any atom is -0.337 e. The maximum Gasteiger partial charge on any atom is 0.390 e. The molecule has 0 radical (unpaired) electrons. The van der Waals surface area contributed by atoms with Crippen LogP contribution in [0.1, 0.15) is 12.1 Å². The summed E-state index contributed by atoms with van der Waals surface area (Å²) < 4.78 is 37.0. The van der Waals surface area contributed by atoms with Gasteiger partial charge in [0.1, 0.15) is 0 Å². The Balaban J connectivity index is 2.44. The summed E-state index contributed by atoms with van der Waals surface area (Å²) in [6, 6.07) is 0. The molecule has 0 aliphatic carbocycles. The third-order valence-corrected chi connectivity index (χ3v) is 1.70. The van der Waals surface area contributed by atoms with Crippen molar-refractivity contribution in [2.45, 2.75) is 25.7 Å². The fourth-order valence-electron chi connectivity index (χ4n) is 1.06. The number of nitrogens with zero attached hydrogens (tertiary/aromatic N) is 2. The number of nitrogens with one attached hydrogen (secondary N) is 1. The molecule has 6 heteroatoms. The summed E-state index contributed by atoms with van der Waals surface area (Å²) in [5.41, 5.74) is 0.745. The molecule has 1 rings (SSSR count). The number of hydrogen-bond acceptors (Lipinski definition) is 2. The lowest BCUT2D eigenvalue weighted by Gasteiger charge is -2.05. The average Bonchev–Trinajstić information content (AvgIpc) is 2.49. The van der Waals surface area contributed by atoms with Gasteiger partial charge in [-0.15, -0.1) is 0 Å². The van der Waals surface area contributed by atoms with Crippen LogP contribution in [0.15, 0.2) is 12.5 Å². The van der Waals surface area contributed by atoms with Crippen molar-refractivity contribution in [2.24, 2.45) is 0 Å². The first-order valence-corrected chi connectivity index (χ1v) is 4.23. The van der Waals surface area contributed by atoms with E-state index < -0.39 is 12.6 Å². The molecule has 1 heterocycles. The Morgan fingerprint density at radius 3 is 2.79 bits per heavy atom. The Morgan fingerprint density at radius 2 is 2.21 bits per heavy atom. The minimum atomic E-state index is -4.10. The lowest BCUT2D eigenvalue weighted by atomic mass is 10.4. The number of halogens is 3. The van der Waals surface area contributed by atoms with E-state index in [-0.39, 0.29) is 6.54 Å². The number of alkyl halides is 3. The monoisotopic (exact) mass is 207 g/mol. The van der Waals surface area contributed by atoms with Crippen molar-refractivity contribution in [3.8, 4) is 0 Å². The molecule has 0 amide bonds. The predicted octanol–water partition coefficient (Wildman–Crippen LogP) is 1.55. The fraction of sp³-hybridized carbons (Fsp3) is 0.625. The summed E-state index contributed by atoms with van der Waals surface area (Å²) >= 11 is 0. The number of aryl methyl sites for hydroxylation is 1. The van der Waals surface area contributed by atoms with Gasteiger partial charge in [0.05, 0.1) is 18.4 Å². The number of imidazole rings is 1. The lowest BCUT2D eigenvalue weighted by Crippen LogP contribution is -2.11. The number of hydrogen-bond donors (Lipinski definition) is 1. The van der Waals surface area contributed by atoms with Gasteiger partial charge in [-0.05, 0) is 7.05 Å². The summed E-state index contributed by atoms with van der Waals surface area (Å²) in [4.78, 5) is 3.94. The van der Waals surface area contributed by atoms with E-state index >= 15 is 0 Å². The minimum absolute atomic E-state index is 0.0692. The standard InChI is InChI=1S/C8H12F3N3/c1-12-4-7-5-14(6-13-7)3-2-8(9,10)11/h5-6,12H,2-4H2,1H3. The molecule has 14 heavy (non-hydrogen) atoms. The zero-order valence-corrected chi connectivity index (χ0v) is 7.80. The van der Waals surface area contributed by atoms with Crippen molar-refractivity contribution < 1.29 is 13.2 Å². The molecule has 0 fully saturated rings. The zero-order chi connectivity index (χ0) is 10.6. The SMILES string of the molecule is CNCc1cn(CCC(F)(F)F)cn1. The second kappa shape index (κ2) is 4.45. The Hall–Kier alpha value is -1.04. The van der Waals surface area contributed by atoms with Crippen molar-refractivity contribution in [3.05, 3.63) is 18.2 Å². The van der Waals surface area contributed by atoms with Crippen LogP contribution in [-0.4, -0.2) is 22.8 Å². The molecule has 80 valence electrons. The first-order valence-electron chi connectivity index (χ1n) is 4.23. The highest BCUT2D eigenvalue weighted by Gasteiger charge is 2.26. The molecule has 0 unspecified atom stereocenters. The van der Waals surface area contributed by atoms with Gasteiger partial charge in [-0.25, -0.2) is 4.98 Å². The summed E-state index contributed by atoms with van der Waals surface area (Å²) in [5, 5.41) is 2.87. The Labute approximate surface area is 79.9 Å². The number of aromatic nitrogens is 2. The first kappa shape index (κ1) is 11.0. The van der Waals surface area contributed by atoms with E-state index in [1.165, 1.54) is 10.9 Å². The van der Waals surface area contributed by atoms with Crippen molar-refractivity contribution in [1.82, 2.24) is 14.9 Å². The van der Waals surface area contributed by atoms with Crippen molar-refractivity contribution in [2.75, 3.05) is 7.05 Å². The van der Waals surface area contributed by atoms with Crippen molar-refractivity contribution in [1.29, 1.82) is 0 Å². The third-order valence-electron chi connectivity index (χ3n) is 1.70. The van der Waals surface area contributed by atoms with E-state index in [2.05, 4.69) is 10.3 Å². The van der Waals surface area contributed by atoms with Crippen LogP contribution in [0.25, 0.3) is 0 Å². The van der Waals surface area contributed by atoms with Crippen LogP contribution in [0.5, 0.6) is 0 Å². The van der Waals surface area contributed by atoms with Gasteiger partial charge < -0.3 is 9.88 Å². The highest BCUT2D eigenvalue weighted by Crippen LogP contribution is 2.20. The Morgan fingerprint density at radius 1 is 1.50 bits per heavy atom. The highest BCUT2D eigenvalue weighted by molar-refractivity contribution is 4.95. The van der Waals surface area contributed by atoms with Crippen LogP contribution in [0.4, 0.5) is 13.2 Å². The van der Waals surface area contributed by atoms with Gasteiger partial charge in [0, 0.05) is 19.3 Å². The quantitative estimate of drug-likeness (QED) is 0.811. The van der Waals surface area contributed by atoms with Crippen LogP contribution < -0.4 is 5.32 Å². The van der Waals surface area contributed by atoms with Gasteiger partial charge in [0.25, 0.3) is 0 Å². The predicted molar refractivity (Wildman–Crippen MR) is 45.7 cm³/mol. The largest absolute Gasteiger partial charge is 0.390 e. The summed E-state index contributed by atoms with van der Waals surface area (Å²) in [7, 11) is 1.76. The normalized spacial score (nSPS) is 12.0. The van der Waals surface area contributed by atoms with E-state index in [1.54, 1.807) is 13.2 Å². The molecule has 0 saturated heterocycles. The maximum absolute atomic E-state index is 11.9. The second-order valence-corrected chi connectivity index (χ2v) is 3.00. The third kappa shape index (κ3) is 3.78. The number of rotatable bonds is 4. The van der Waals surface area contributed by atoms with Crippen molar-refractivity contribution in [3.63, 3.8) is 0 Å². The van der Waals surface area contributed by atoms with Crippen LogP contribution in [0, 0.1) is 0 Å². The van der Waals surface area contributed by atoms with Crippen LogP contribution in [0.3, 0.4) is 0 Å². The summed E-state index contributed by atoms with van der Waals surface area (Å²) in [6.07, 6.45) is -1.89. The lowest BCUT2D eigenvalue weighted by molar-refractivity contribution is -0.136. The van der Waals surface area contributed by atoms with Crippen molar-refractivity contribution >= 4 is 0 Å². The molecule has 0 saturated carbocycles. The topological polar surface area (TPSA) is 29.9 Å². The van der Waals surface area contributed by atoms with Gasteiger partial charge >= 0.3 is 6.18 Å². The Bertz CT molecular complexity index is 280. The van der Waals surface area contributed by atoms with Gasteiger partial charge in [-0.3, -0.25) is 0 Å². The molecule has 0 bridgehead atoms. The van der Waals surface area contributed by atoms with E-state index in [1.807, 2.05) is 0 Å². The van der Waals surface area contributed by atoms with Gasteiger partial charge in [0.15, 0.2) is 0 Å². The highest BCUT2D eigenvalue weighted by atomic mass is 19.4. The van der Waals surface area contributed by atoms with Crippen LogP contribution in [0.2, 0.25) is 0 Å². The van der Waals surface area contributed by atoms with Crippen LogP contribution >= 0.6 is 0 Å². The molecule has 1 aromatic heterocycles. The maximum atomic E-state index is 11.9. The molecular weight excluding hydrogens is 195 g/mol. The van der Waals surface area contributed by atoms with E-state index in [0.717, 1.165) is 5.69 Å². The Kier molecular flexibility index (Phi) is 3.51.